The molecule has 2 aliphatic rings. The van der Waals surface area contributed by atoms with Crippen molar-refractivity contribution in [3.63, 3.8) is 0 Å². The summed E-state index contributed by atoms with van der Waals surface area (Å²) >= 11 is 6.41. The molecule has 9 heteroatoms. The number of rotatable bonds is 10. The molecule has 4 atom stereocenters. The molecule has 4 aromatic carbocycles. The van der Waals surface area contributed by atoms with Gasteiger partial charge in [0.1, 0.15) is 11.6 Å². The summed E-state index contributed by atoms with van der Waals surface area (Å²) in [7, 11) is -3.03. The van der Waals surface area contributed by atoms with Gasteiger partial charge < -0.3 is 14.1 Å². The van der Waals surface area contributed by atoms with Crippen LogP contribution in [0.4, 0.5) is 8.78 Å². The fraction of sp³-hybridized carbons (Fsp3) is 0.366. The predicted molar refractivity (Wildman–Crippen MR) is 195 cm³/mol. The minimum absolute atomic E-state index is 0.138. The molecular weight excluding hydrogens is 672 g/mol. The minimum atomic E-state index is -3.03. The summed E-state index contributed by atoms with van der Waals surface area (Å²) in [6, 6.07) is 27.1. The Morgan fingerprint density at radius 2 is 1.54 bits per heavy atom. The fourth-order valence-electron chi connectivity index (χ4n) is 7.98. The highest BCUT2D eigenvalue weighted by Crippen LogP contribution is 2.52. The normalized spacial score (nSPS) is 20.3. The zero-order chi connectivity index (χ0) is 35.8. The van der Waals surface area contributed by atoms with Crippen LogP contribution in [0.25, 0.3) is 0 Å². The first-order valence-electron chi connectivity index (χ1n) is 17.4. The third-order valence-electron chi connectivity index (χ3n) is 10.4. The van der Waals surface area contributed by atoms with E-state index in [9.17, 15) is 9.59 Å². The maximum atomic E-state index is 15.8. The number of fused-ring (bicyclic) bond motifs is 1. The van der Waals surface area contributed by atoms with Gasteiger partial charge in [0.05, 0.1) is 37.6 Å². The molecule has 0 N–H and O–H groups in total. The summed E-state index contributed by atoms with van der Waals surface area (Å²) in [4.78, 5) is 28.9. The number of amides is 1. The van der Waals surface area contributed by atoms with E-state index in [0.29, 0.717) is 18.4 Å². The molecule has 5 nitrogen and oxygen atoms in total. The van der Waals surface area contributed by atoms with Crippen molar-refractivity contribution in [2.45, 2.75) is 76.9 Å². The zero-order valence-electron chi connectivity index (χ0n) is 29.2. The molecule has 1 heterocycles. The van der Waals surface area contributed by atoms with Gasteiger partial charge in [-0.2, -0.15) is 0 Å². The molecule has 6 rings (SSSR count). The Morgan fingerprint density at radius 1 is 0.900 bits per heavy atom. The Morgan fingerprint density at radius 3 is 2.12 bits per heavy atom. The van der Waals surface area contributed by atoms with E-state index in [-0.39, 0.29) is 58.9 Å². The second-order valence-electron chi connectivity index (χ2n) is 14.4. The fourth-order valence-corrected chi connectivity index (χ4v) is 12.8. The summed E-state index contributed by atoms with van der Waals surface area (Å²) in [5.74, 6) is -2.22. The summed E-state index contributed by atoms with van der Waals surface area (Å²) in [5.41, 5.74) is 2.27. The third kappa shape index (κ3) is 6.65. The molecule has 1 saturated carbocycles. The number of hydrogen-bond acceptors (Lipinski definition) is 4. The van der Waals surface area contributed by atoms with E-state index in [2.05, 4.69) is 45.0 Å². The molecule has 0 aromatic heterocycles. The van der Waals surface area contributed by atoms with E-state index in [0.717, 1.165) is 21.5 Å². The van der Waals surface area contributed by atoms with Crippen molar-refractivity contribution in [2.75, 3.05) is 13.2 Å². The van der Waals surface area contributed by atoms with Crippen molar-refractivity contribution in [1.82, 2.24) is 4.90 Å². The largest absolute Gasteiger partial charge is 0.466 e. The van der Waals surface area contributed by atoms with Gasteiger partial charge in [0, 0.05) is 16.5 Å². The van der Waals surface area contributed by atoms with Gasteiger partial charge in [-0.1, -0.05) is 105 Å². The highest BCUT2D eigenvalue weighted by molar-refractivity contribution is 6.99. The number of carbonyl (C=O) groups excluding carboxylic acids is 2. The number of ether oxygens (including phenoxy) is 1. The average molecular weight is 716 g/mol. The molecule has 0 unspecified atom stereocenters. The molecule has 0 radical (unpaired) electrons. The number of hydrogen-bond donors (Lipinski definition) is 0. The van der Waals surface area contributed by atoms with E-state index in [1.807, 2.05) is 43.3 Å². The topological polar surface area (TPSA) is 55.8 Å². The van der Waals surface area contributed by atoms with Crippen molar-refractivity contribution in [3.05, 3.63) is 130 Å². The molecule has 262 valence electrons. The number of benzene rings is 4. The highest BCUT2D eigenvalue weighted by Gasteiger charge is 2.52. The quantitative estimate of drug-likeness (QED) is 0.124. The first-order valence-corrected chi connectivity index (χ1v) is 19.6. The van der Waals surface area contributed by atoms with Crippen molar-refractivity contribution in [2.24, 2.45) is 5.92 Å². The first-order chi connectivity index (χ1) is 23.9. The van der Waals surface area contributed by atoms with Crippen molar-refractivity contribution in [3.8, 4) is 0 Å². The van der Waals surface area contributed by atoms with Crippen LogP contribution in [0.2, 0.25) is 10.1 Å². The maximum absolute atomic E-state index is 15.8. The second-order valence-corrected chi connectivity index (χ2v) is 19.1. The van der Waals surface area contributed by atoms with E-state index in [1.165, 1.54) is 18.2 Å². The first kappa shape index (κ1) is 36.0. The summed E-state index contributed by atoms with van der Waals surface area (Å²) < 4.78 is 43.5. The van der Waals surface area contributed by atoms with Crippen LogP contribution >= 0.6 is 11.6 Å². The number of halogens is 3. The predicted octanol–water partition coefficient (Wildman–Crippen LogP) is 7.92. The molecule has 0 saturated heterocycles. The molecule has 1 amide bonds. The van der Waals surface area contributed by atoms with Crippen LogP contribution in [0.1, 0.15) is 75.3 Å². The van der Waals surface area contributed by atoms with Crippen LogP contribution in [-0.4, -0.2) is 44.3 Å². The average Bonchev–Trinajstić information content (AvgIpc) is 3.88. The number of carbonyl (C=O) groups is 2. The minimum Gasteiger partial charge on any atom is -0.466 e. The van der Waals surface area contributed by atoms with Crippen LogP contribution in [0.15, 0.2) is 91.0 Å². The van der Waals surface area contributed by atoms with Crippen LogP contribution in [0.5, 0.6) is 0 Å². The van der Waals surface area contributed by atoms with E-state index < -0.39 is 32.1 Å². The van der Waals surface area contributed by atoms with Gasteiger partial charge in [-0.05, 0) is 77.0 Å². The standard InChI is InChI=1S/C41H44ClF2NO4Si/c1-6-48-40(47)33-23-32(33)39-31-22-27(25-49-50(41(3,4)5,28-14-9-7-10-15-28)29-16-11-8-12-17-29)45(26(2)30(31)20-21-37(39)44)38(46)24-34-35(42)18-13-19-36(34)43/h7-21,26-27,32-33H,6,22-25H2,1-5H3/t26-,27+,32+,33+/m0/s1. The molecular formula is C41H44ClF2NO4Si. The monoisotopic (exact) mass is 715 g/mol. The van der Waals surface area contributed by atoms with Gasteiger partial charge in [-0.3, -0.25) is 9.59 Å². The van der Waals surface area contributed by atoms with Gasteiger partial charge in [0.15, 0.2) is 0 Å². The lowest BCUT2D eigenvalue weighted by Crippen LogP contribution is -2.67. The van der Waals surface area contributed by atoms with Gasteiger partial charge in [0.2, 0.25) is 5.91 Å². The lowest BCUT2D eigenvalue weighted by atomic mass is 9.83. The van der Waals surface area contributed by atoms with E-state index in [4.69, 9.17) is 20.8 Å². The zero-order valence-corrected chi connectivity index (χ0v) is 31.0. The Balaban J connectivity index is 1.44. The van der Waals surface area contributed by atoms with Crippen LogP contribution in [0.3, 0.4) is 0 Å². The molecule has 4 aromatic rings. The number of esters is 1. The molecule has 0 spiro atoms. The van der Waals surface area contributed by atoms with Gasteiger partial charge >= 0.3 is 5.97 Å². The van der Waals surface area contributed by atoms with E-state index >= 15 is 8.78 Å². The third-order valence-corrected chi connectivity index (χ3v) is 15.7. The van der Waals surface area contributed by atoms with Crippen LogP contribution < -0.4 is 10.4 Å². The summed E-state index contributed by atoms with van der Waals surface area (Å²) in [6.45, 7) is 10.7. The van der Waals surface area contributed by atoms with Crippen molar-refractivity contribution in [1.29, 1.82) is 0 Å². The highest BCUT2D eigenvalue weighted by atomic mass is 35.5. The molecule has 1 aliphatic carbocycles. The lowest BCUT2D eigenvalue weighted by molar-refractivity contribution is -0.144. The van der Waals surface area contributed by atoms with Crippen molar-refractivity contribution >= 4 is 42.2 Å². The SMILES string of the molecule is CCOC(=O)[C@@H]1C[C@H]1c1c(F)ccc2c1C[C@H](CO[Si](c1ccccc1)(c1ccccc1)C(C)(C)C)N(C(=O)Cc1c(F)cccc1Cl)[C@H]2C. The Kier molecular flexibility index (Phi) is 10.4. The maximum Gasteiger partial charge on any atom is 0.309 e. The Hall–Kier alpha value is -3.85. The lowest BCUT2D eigenvalue weighted by Gasteiger charge is -2.47. The summed E-state index contributed by atoms with van der Waals surface area (Å²) in [6.07, 6.45) is 0.592. The van der Waals surface area contributed by atoms with E-state index in [1.54, 1.807) is 24.0 Å². The molecule has 50 heavy (non-hydrogen) atoms. The van der Waals surface area contributed by atoms with Gasteiger partial charge in [-0.15, -0.1) is 0 Å². The Bertz CT molecular complexity index is 1810. The van der Waals surface area contributed by atoms with Gasteiger partial charge in [0.25, 0.3) is 8.32 Å². The summed E-state index contributed by atoms with van der Waals surface area (Å²) in [5, 5.41) is 2.07. The molecule has 1 fully saturated rings. The smallest absolute Gasteiger partial charge is 0.309 e. The Labute approximate surface area is 299 Å². The van der Waals surface area contributed by atoms with Crippen LogP contribution in [-0.2, 0) is 31.6 Å². The molecule has 0 bridgehead atoms. The second kappa shape index (κ2) is 14.4. The molecule has 1 aliphatic heterocycles. The van der Waals surface area contributed by atoms with Gasteiger partial charge in [-0.25, -0.2) is 8.78 Å². The number of nitrogens with zero attached hydrogens (tertiary/aromatic N) is 1. The van der Waals surface area contributed by atoms with Crippen LogP contribution in [0, 0.1) is 17.6 Å². The van der Waals surface area contributed by atoms with Crippen molar-refractivity contribution < 1.29 is 27.5 Å².